The van der Waals surface area contributed by atoms with Crippen LogP contribution in [-0.2, 0) is 4.74 Å². The molecule has 0 aliphatic heterocycles. The van der Waals surface area contributed by atoms with Crippen molar-refractivity contribution in [2.75, 3.05) is 12.3 Å². The molecule has 16 heavy (non-hydrogen) atoms. The second kappa shape index (κ2) is 7.50. The number of nitrogen functional groups attached to an aromatic ring is 1. The fraction of sp³-hybridized carbons (Fsp3) is 0.455. The molecule has 1 heterocycles. The number of H-pyrrole nitrogens is 1. The number of aldehydes is 1. The van der Waals surface area contributed by atoms with E-state index in [9.17, 15) is 9.59 Å². The van der Waals surface area contributed by atoms with Gasteiger partial charge >= 0.3 is 5.97 Å². The molecule has 3 N–H and O–H groups in total. The van der Waals surface area contributed by atoms with Crippen LogP contribution in [0.4, 0.5) is 5.69 Å². The molecule has 90 valence electrons. The monoisotopic (exact) mass is 226 g/mol. The zero-order valence-electron chi connectivity index (χ0n) is 9.87. The van der Waals surface area contributed by atoms with Crippen molar-refractivity contribution >= 4 is 17.9 Å². The number of ether oxygens (including phenoxy) is 1. The van der Waals surface area contributed by atoms with Gasteiger partial charge in [-0.15, -0.1) is 0 Å². The summed E-state index contributed by atoms with van der Waals surface area (Å²) in [6, 6.07) is 0. The Morgan fingerprint density at radius 3 is 2.50 bits per heavy atom. The zero-order chi connectivity index (χ0) is 12.6. The molecule has 0 spiro atoms. The molecule has 0 aromatic carbocycles. The SMILES string of the molecule is CCC.CCOC(=O)c1c(N)c[nH]c1C=O. The summed E-state index contributed by atoms with van der Waals surface area (Å²) in [6.45, 7) is 6.18. The molecule has 1 aromatic rings. The molecular weight excluding hydrogens is 208 g/mol. The van der Waals surface area contributed by atoms with Gasteiger partial charge in [-0.2, -0.15) is 0 Å². The first-order chi connectivity index (χ1) is 7.62. The molecule has 0 unspecified atom stereocenters. The number of hydrogen-bond donors (Lipinski definition) is 2. The summed E-state index contributed by atoms with van der Waals surface area (Å²) < 4.78 is 4.71. The average molecular weight is 226 g/mol. The predicted molar refractivity (Wildman–Crippen MR) is 62.5 cm³/mol. The number of carbonyl (C=O) groups excluding carboxylic acids is 2. The van der Waals surface area contributed by atoms with E-state index in [4.69, 9.17) is 10.5 Å². The lowest BCUT2D eigenvalue weighted by Crippen LogP contribution is -2.08. The van der Waals surface area contributed by atoms with Gasteiger partial charge in [0, 0.05) is 6.20 Å². The summed E-state index contributed by atoms with van der Waals surface area (Å²) in [5.74, 6) is -0.580. The number of aromatic amines is 1. The second-order valence-corrected chi connectivity index (χ2v) is 3.08. The number of aromatic nitrogens is 1. The van der Waals surface area contributed by atoms with Crippen LogP contribution >= 0.6 is 0 Å². The number of rotatable bonds is 3. The van der Waals surface area contributed by atoms with E-state index in [2.05, 4.69) is 18.8 Å². The number of nitrogens with one attached hydrogen (secondary N) is 1. The molecule has 5 nitrogen and oxygen atoms in total. The van der Waals surface area contributed by atoms with E-state index in [0.29, 0.717) is 6.29 Å². The molecule has 0 amide bonds. The molecular formula is C11H18N2O3. The Labute approximate surface area is 95.0 Å². The third-order valence-corrected chi connectivity index (χ3v) is 1.54. The standard InChI is InChI=1S/C8H10N2O3.C3H8/c1-2-13-8(12)7-5(9)3-10-6(7)4-11;1-3-2/h3-4,10H,2,9H2,1H3;3H2,1-2H3. The second-order valence-electron chi connectivity index (χ2n) is 3.08. The molecule has 0 bridgehead atoms. The first-order valence-corrected chi connectivity index (χ1v) is 5.21. The molecule has 1 rings (SSSR count). The van der Waals surface area contributed by atoms with Crippen LogP contribution in [0.15, 0.2) is 6.20 Å². The highest BCUT2D eigenvalue weighted by Gasteiger charge is 2.17. The average Bonchev–Trinajstić information content (AvgIpc) is 2.61. The van der Waals surface area contributed by atoms with Gasteiger partial charge in [-0.05, 0) is 6.92 Å². The van der Waals surface area contributed by atoms with Crippen LogP contribution in [0.5, 0.6) is 0 Å². The highest BCUT2D eigenvalue weighted by Crippen LogP contribution is 2.15. The van der Waals surface area contributed by atoms with Crippen LogP contribution < -0.4 is 5.73 Å². The number of carbonyl (C=O) groups is 2. The van der Waals surface area contributed by atoms with E-state index in [1.165, 1.54) is 12.6 Å². The van der Waals surface area contributed by atoms with Crippen LogP contribution in [0, 0.1) is 0 Å². The molecule has 0 atom stereocenters. The van der Waals surface area contributed by atoms with E-state index >= 15 is 0 Å². The third-order valence-electron chi connectivity index (χ3n) is 1.54. The van der Waals surface area contributed by atoms with Crippen LogP contribution in [0.2, 0.25) is 0 Å². The maximum Gasteiger partial charge on any atom is 0.342 e. The maximum atomic E-state index is 11.2. The van der Waals surface area contributed by atoms with E-state index < -0.39 is 5.97 Å². The Bertz CT molecular complexity index is 345. The highest BCUT2D eigenvalue weighted by atomic mass is 16.5. The van der Waals surface area contributed by atoms with Gasteiger partial charge in [-0.1, -0.05) is 20.3 Å². The lowest BCUT2D eigenvalue weighted by atomic mass is 10.2. The Hall–Kier alpha value is -1.78. The van der Waals surface area contributed by atoms with Crippen molar-refractivity contribution in [3.05, 3.63) is 17.5 Å². The minimum atomic E-state index is -0.580. The molecule has 0 saturated heterocycles. The van der Waals surface area contributed by atoms with E-state index in [-0.39, 0.29) is 23.6 Å². The Morgan fingerprint density at radius 2 is 2.06 bits per heavy atom. The van der Waals surface area contributed by atoms with Crippen LogP contribution in [0.1, 0.15) is 48.0 Å². The molecule has 0 fully saturated rings. The smallest absolute Gasteiger partial charge is 0.342 e. The van der Waals surface area contributed by atoms with Crippen molar-refractivity contribution in [3.63, 3.8) is 0 Å². The highest BCUT2D eigenvalue weighted by molar-refractivity contribution is 6.02. The maximum absolute atomic E-state index is 11.2. The Morgan fingerprint density at radius 1 is 1.50 bits per heavy atom. The van der Waals surface area contributed by atoms with Gasteiger partial charge in [0.2, 0.25) is 0 Å². The summed E-state index contributed by atoms with van der Waals surface area (Å²) in [5, 5.41) is 0. The van der Waals surface area contributed by atoms with Gasteiger partial charge in [0.25, 0.3) is 0 Å². The number of esters is 1. The lowest BCUT2D eigenvalue weighted by molar-refractivity contribution is 0.0525. The zero-order valence-corrected chi connectivity index (χ0v) is 9.87. The molecule has 0 radical (unpaired) electrons. The van der Waals surface area contributed by atoms with Gasteiger partial charge in [-0.3, -0.25) is 4.79 Å². The predicted octanol–water partition coefficient (Wildman–Crippen LogP) is 2.00. The summed E-state index contributed by atoms with van der Waals surface area (Å²) in [4.78, 5) is 24.2. The molecule has 0 saturated carbocycles. The van der Waals surface area contributed by atoms with E-state index in [1.807, 2.05) is 0 Å². The van der Waals surface area contributed by atoms with Crippen molar-refractivity contribution in [3.8, 4) is 0 Å². The Balaban J connectivity index is 0.000000673. The Kier molecular flexibility index (Phi) is 6.67. The number of anilines is 1. The minimum Gasteiger partial charge on any atom is -0.462 e. The topological polar surface area (TPSA) is 85.2 Å². The van der Waals surface area contributed by atoms with E-state index in [1.54, 1.807) is 6.92 Å². The van der Waals surface area contributed by atoms with Crippen molar-refractivity contribution in [1.29, 1.82) is 0 Å². The fourth-order valence-electron chi connectivity index (χ4n) is 0.979. The van der Waals surface area contributed by atoms with Crippen molar-refractivity contribution < 1.29 is 14.3 Å². The first-order valence-electron chi connectivity index (χ1n) is 5.21. The molecule has 0 aliphatic rings. The lowest BCUT2D eigenvalue weighted by Gasteiger charge is -2.00. The van der Waals surface area contributed by atoms with Crippen molar-refractivity contribution in [2.45, 2.75) is 27.2 Å². The van der Waals surface area contributed by atoms with E-state index in [0.717, 1.165) is 0 Å². The summed E-state index contributed by atoms with van der Waals surface area (Å²) in [6.07, 6.45) is 3.17. The van der Waals surface area contributed by atoms with Crippen LogP contribution in [0.25, 0.3) is 0 Å². The summed E-state index contributed by atoms with van der Waals surface area (Å²) >= 11 is 0. The largest absolute Gasteiger partial charge is 0.462 e. The number of hydrogen-bond acceptors (Lipinski definition) is 4. The first kappa shape index (κ1) is 14.2. The minimum absolute atomic E-state index is 0.108. The fourth-order valence-corrected chi connectivity index (χ4v) is 0.979. The van der Waals surface area contributed by atoms with Crippen molar-refractivity contribution in [1.82, 2.24) is 4.98 Å². The summed E-state index contributed by atoms with van der Waals surface area (Å²) in [7, 11) is 0. The van der Waals surface area contributed by atoms with Crippen LogP contribution in [-0.4, -0.2) is 23.8 Å². The molecule has 0 aliphatic carbocycles. The normalized spacial score (nSPS) is 8.94. The van der Waals surface area contributed by atoms with Gasteiger partial charge in [0.1, 0.15) is 5.56 Å². The van der Waals surface area contributed by atoms with Gasteiger partial charge in [0.05, 0.1) is 18.0 Å². The number of nitrogens with two attached hydrogens (primary N) is 1. The van der Waals surface area contributed by atoms with Gasteiger partial charge in [-0.25, -0.2) is 4.79 Å². The quantitative estimate of drug-likeness (QED) is 0.609. The summed E-state index contributed by atoms with van der Waals surface area (Å²) in [5.41, 5.74) is 5.94. The van der Waals surface area contributed by atoms with Gasteiger partial charge < -0.3 is 15.5 Å². The van der Waals surface area contributed by atoms with Gasteiger partial charge in [0.15, 0.2) is 6.29 Å². The van der Waals surface area contributed by atoms with Crippen molar-refractivity contribution in [2.24, 2.45) is 0 Å². The van der Waals surface area contributed by atoms with Crippen LogP contribution in [0.3, 0.4) is 0 Å². The molecule has 5 heteroatoms. The third kappa shape index (κ3) is 3.76. The molecule has 1 aromatic heterocycles.